The van der Waals surface area contributed by atoms with Crippen LogP contribution in [0.15, 0.2) is 28.7 Å². The van der Waals surface area contributed by atoms with Gasteiger partial charge in [0.05, 0.1) is 12.0 Å². The Labute approximate surface area is 173 Å². The van der Waals surface area contributed by atoms with Gasteiger partial charge in [-0.25, -0.2) is 4.98 Å². The summed E-state index contributed by atoms with van der Waals surface area (Å²) in [6, 6.07) is 8.21. The van der Waals surface area contributed by atoms with Crippen LogP contribution in [-0.4, -0.2) is 70.3 Å². The highest BCUT2D eigenvalue weighted by Gasteiger charge is 2.44. The van der Waals surface area contributed by atoms with Crippen LogP contribution in [0.1, 0.15) is 30.1 Å². The predicted molar refractivity (Wildman–Crippen MR) is 109 cm³/mol. The normalized spacial score (nSPS) is 20.3. The number of nitrogens with one attached hydrogen (secondary N) is 1. The summed E-state index contributed by atoms with van der Waals surface area (Å²) in [5, 5.41) is 7.11. The van der Waals surface area contributed by atoms with E-state index in [2.05, 4.69) is 48.1 Å². The molecule has 2 aliphatic rings. The number of hydrogen-bond acceptors (Lipinski definition) is 5. The molecule has 0 radical (unpaired) electrons. The molecule has 2 fully saturated rings. The first-order valence-electron chi connectivity index (χ1n) is 9.80. The average molecular weight is 448 g/mol. The molecule has 28 heavy (non-hydrogen) atoms. The van der Waals surface area contributed by atoms with Gasteiger partial charge in [0.2, 0.25) is 5.91 Å². The third kappa shape index (κ3) is 3.99. The van der Waals surface area contributed by atoms with E-state index in [1.165, 1.54) is 0 Å². The van der Waals surface area contributed by atoms with Crippen molar-refractivity contribution in [2.24, 2.45) is 0 Å². The van der Waals surface area contributed by atoms with Crippen molar-refractivity contribution < 1.29 is 9.53 Å². The fourth-order valence-electron chi connectivity index (χ4n) is 4.19. The lowest BCUT2D eigenvalue weighted by Crippen LogP contribution is -2.55. The van der Waals surface area contributed by atoms with Crippen LogP contribution in [0.2, 0.25) is 0 Å². The molecule has 0 aliphatic carbocycles. The van der Waals surface area contributed by atoms with Crippen LogP contribution < -0.4 is 0 Å². The molecule has 8 heteroatoms. The second kappa shape index (κ2) is 8.31. The smallest absolute Gasteiger partial charge is 0.233 e. The number of aromatic nitrogens is 3. The van der Waals surface area contributed by atoms with Crippen molar-refractivity contribution in [3.8, 4) is 0 Å². The van der Waals surface area contributed by atoms with Crippen molar-refractivity contribution in [3.05, 3.63) is 46.0 Å². The van der Waals surface area contributed by atoms with E-state index in [-0.39, 0.29) is 5.91 Å². The predicted octanol–water partition coefficient (Wildman–Crippen LogP) is 2.27. The van der Waals surface area contributed by atoms with E-state index in [1.807, 2.05) is 24.0 Å². The second-order valence-corrected chi connectivity index (χ2v) is 8.52. The lowest BCUT2D eigenvalue weighted by Gasteiger charge is -2.43. The van der Waals surface area contributed by atoms with Crippen LogP contribution in [-0.2, 0) is 21.5 Å². The lowest BCUT2D eigenvalue weighted by atomic mass is 9.73. The maximum absolute atomic E-state index is 13.6. The third-order valence-electron chi connectivity index (χ3n) is 5.82. The second-order valence-electron chi connectivity index (χ2n) is 7.61. The fourth-order valence-corrected chi connectivity index (χ4v) is 4.45. The SMILES string of the molecule is Cc1nc(CN2CCN(C(=O)C3(c4ccc(Br)cc4)CCOCC3)CC2)n[nH]1. The molecule has 2 aliphatic heterocycles. The van der Waals surface area contributed by atoms with Gasteiger partial charge in [0.25, 0.3) is 0 Å². The number of H-pyrrole nitrogens is 1. The van der Waals surface area contributed by atoms with Crippen LogP contribution in [0.3, 0.4) is 0 Å². The molecule has 3 heterocycles. The number of aryl methyl sites for hydroxylation is 1. The van der Waals surface area contributed by atoms with Crippen molar-refractivity contribution in [2.45, 2.75) is 31.7 Å². The van der Waals surface area contributed by atoms with E-state index in [0.717, 1.165) is 67.3 Å². The zero-order valence-corrected chi connectivity index (χ0v) is 17.7. The van der Waals surface area contributed by atoms with Crippen LogP contribution in [0.25, 0.3) is 0 Å². The highest BCUT2D eigenvalue weighted by atomic mass is 79.9. The van der Waals surface area contributed by atoms with Gasteiger partial charge in [0.1, 0.15) is 5.82 Å². The molecule has 0 unspecified atom stereocenters. The molecular formula is C20H26BrN5O2. The van der Waals surface area contributed by atoms with Gasteiger partial charge in [-0.1, -0.05) is 28.1 Å². The standard InChI is InChI=1S/C20H26BrN5O2/c1-15-22-18(24-23-15)14-25-8-10-26(11-9-25)19(27)20(6-12-28-13-7-20)16-2-4-17(21)5-3-16/h2-5H,6-14H2,1H3,(H,22,23,24). The summed E-state index contributed by atoms with van der Waals surface area (Å²) in [6.45, 7) is 7.04. The largest absolute Gasteiger partial charge is 0.381 e. The monoisotopic (exact) mass is 447 g/mol. The number of amides is 1. The minimum atomic E-state index is -0.470. The molecule has 0 spiro atoms. The van der Waals surface area contributed by atoms with Crippen LogP contribution >= 0.6 is 15.9 Å². The number of hydrogen-bond donors (Lipinski definition) is 1. The summed E-state index contributed by atoms with van der Waals surface area (Å²) in [5.41, 5.74) is 0.629. The maximum atomic E-state index is 13.6. The minimum absolute atomic E-state index is 0.242. The van der Waals surface area contributed by atoms with Crippen molar-refractivity contribution >= 4 is 21.8 Å². The van der Waals surface area contributed by atoms with Crippen molar-refractivity contribution in [1.29, 1.82) is 0 Å². The number of carbonyl (C=O) groups is 1. The highest BCUT2D eigenvalue weighted by molar-refractivity contribution is 9.10. The summed E-state index contributed by atoms with van der Waals surface area (Å²) < 4.78 is 6.62. The van der Waals surface area contributed by atoms with E-state index in [9.17, 15) is 4.79 Å². The molecule has 2 saturated heterocycles. The summed E-state index contributed by atoms with van der Waals surface area (Å²) in [7, 11) is 0. The topological polar surface area (TPSA) is 74.3 Å². The number of ether oxygens (including phenoxy) is 1. The quantitative estimate of drug-likeness (QED) is 0.777. The van der Waals surface area contributed by atoms with Gasteiger partial charge < -0.3 is 9.64 Å². The first-order valence-corrected chi connectivity index (χ1v) is 10.6. The van der Waals surface area contributed by atoms with Gasteiger partial charge in [-0.3, -0.25) is 14.8 Å². The van der Waals surface area contributed by atoms with E-state index in [1.54, 1.807) is 0 Å². The number of carbonyl (C=O) groups excluding carboxylic acids is 1. The van der Waals surface area contributed by atoms with E-state index in [4.69, 9.17) is 4.74 Å². The zero-order valence-electron chi connectivity index (χ0n) is 16.2. The van der Waals surface area contributed by atoms with Crippen LogP contribution in [0, 0.1) is 6.92 Å². The Morgan fingerprint density at radius 1 is 1.18 bits per heavy atom. The molecule has 150 valence electrons. The number of halogens is 1. The molecule has 4 rings (SSSR count). The van der Waals surface area contributed by atoms with E-state index < -0.39 is 5.41 Å². The molecule has 1 aromatic heterocycles. The molecule has 0 bridgehead atoms. The Bertz CT molecular complexity index is 808. The Morgan fingerprint density at radius 3 is 2.46 bits per heavy atom. The molecule has 1 N–H and O–H groups in total. The van der Waals surface area contributed by atoms with Crippen molar-refractivity contribution in [2.75, 3.05) is 39.4 Å². The average Bonchev–Trinajstić information content (AvgIpc) is 3.13. The van der Waals surface area contributed by atoms with Gasteiger partial charge in [0.15, 0.2) is 5.82 Å². The number of piperazine rings is 1. The van der Waals surface area contributed by atoms with Gasteiger partial charge in [0, 0.05) is 43.9 Å². The molecule has 7 nitrogen and oxygen atoms in total. The summed E-state index contributed by atoms with van der Waals surface area (Å²) in [6.07, 6.45) is 1.48. The Morgan fingerprint density at radius 2 is 1.86 bits per heavy atom. The molecular weight excluding hydrogens is 422 g/mol. The Kier molecular flexibility index (Phi) is 5.80. The van der Waals surface area contributed by atoms with Gasteiger partial charge >= 0.3 is 0 Å². The fraction of sp³-hybridized carbons (Fsp3) is 0.550. The van der Waals surface area contributed by atoms with E-state index >= 15 is 0 Å². The van der Waals surface area contributed by atoms with Gasteiger partial charge in [-0.2, -0.15) is 5.10 Å². The molecule has 1 amide bonds. The molecule has 1 aromatic carbocycles. The first kappa shape index (κ1) is 19.5. The summed E-state index contributed by atoms with van der Waals surface area (Å²) in [4.78, 5) is 22.4. The number of nitrogens with zero attached hydrogens (tertiary/aromatic N) is 4. The van der Waals surface area contributed by atoms with Crippen LogP contribution in [0.4, 0.5) is 0 Å². The Hall–Kier alpha value is -1.77. The summed E-state index contributed by atoms with van der Waals surface area (Å²) >= 11 is 3.50. The van der Waals surface area contributed by atoms with Gasteiger partial charge in [-0.05, 0) is 37.5 Å². The number of aromatic amines is 1. The minimum Gasteiger partial charge on any atom is -0.381 e. The van der Waals surface area contributed by atoms with E-state index in [0.29, 0.717) is 13.2 Å². The Balaban J connectivity index is 1.45. The number of benzene rings is 1. The highest BCUT2D eigenvalue weighted by Crippen LogP contribution is 2.37. The van der Waals surface area contributed by atoms with Gasteiger partial charge in [-0.15, -0.1) is 0 Å². The molecule has 0 atom stereocenters. The third-order valence-corrected chi connectivity index (χ3v) is 6.35. The van der Waals surface area contributed by atoms with Crippen molar-refractivity contribution in [3.63, 3.8) is 0 Å². The zero-order chi connectivity index (χ0) is 19.6. The molecule has 0 saturated carbocycles. The number of rotatable bonds is 4. The van der Waals surface area contributed by atoms with Crippen LogP contribution in [0.5, 0.6) is 0 Å². The first-order chi connectivity index (χ1) is 13.6. The maximum Gasteiger partial charge on any atom is 0.233 e. The molecule has 2 aromatic rings. The lowest BCUT2D eigenvalue weighted by molar-refractivity contribution is -0.143. The van der Waals surface area contributed by atoms with Crippen molar-refractivity contribution in [1.82, 2.24) is 25.0 Å². The summed E-state index contributed by atoms with van der Waals surface area (Å²) in [5.74, 6) is 1.89.